The maximum Gasteiger partial charge on any atom is 0.248 e. The lowest BCUT2D eigenvalue weighted by Crippen LogP contribution is -2.60. The average molecular weight is 607 g/mol. The van der Waals surface area contributed by atoms with Gasteiger partial charge in [0.1, 0.15) is 12.1 Å². The molecule has 2 aliphatic rings. The Morgan fingerprint density at radius 3 is 2.20 bits per heavy atom. The summed E-state index contributed by atoms with van der Waals surface area (Å²) < 4.78 is 0. The van der Waals surface area contributed by atoms with Gasteiger partial charge in [0.15, 0.2) is 0 Å². The molecular weight excluding hydrogens is 568 g/mol. The van der Waals surface area contributed by atoms with Gasteiger partial charge in [0.2, 0.25) is 23.6 Å². The normalized spacial score (nSPS) is 22.9. The minimum absolute atomic E-state index is 0.182. The van der Waals surface area contributed by atoms with Crippen molar-refractivity contribution >= 4 is 34.5 Å². The number of fused-ring (bicyclic) bond motifs is 2. The van der Waals surface area contributed by atoms with Crippen molar-refractivity contribution in [2.75, 3.05) is 13.1 Å². The van der Waals surface area contributed by atoms with Crippen molar-refractivity contribution in [1.82, 2.24) is 25.8 Å². The van der Waals surface area contributed by atoms with Gasteiger partial charge >= 0.3 is 0 Å². The van der Waals surface area contributed by atoms with Crippen molar-refractivity contribution in [3.05, 3.63) is 107 Å². The molecule has 10 nitrogen and oxygen atoms in total. The first-order valence-electron chi connectivity index (χ1n) is 15.5. The number of primary amides is 1. The summed E-state index contributed by atoms with van der Waals surface area (Å²) in [6.07, 6.45) is 4.42. The van der Waals surface area contributed by atoms with Gasteiger partial charge in [-0.15, -0.1) is 0 Å². The van der Waals surface area contributed by atoms with Crippen LogP contribution in [-0.4, -0.2) is 70.8 Å². The van der Waals surface area contributed by atoms with E-state index in [1.165, 1.54) is 0 Å². The number of hydrogen-bond acceptors (Lipinski definition) is 5. The Hall–Kier alpha value is -4.96. The summed E-state index contributed by atoms with van der Waals surface area (Å²) in [5.74, 6) is -1.48. The molecule has 4 amide bonds. The Balaban J connectivity index is 1.32. The minimum atomic E-state index is -0.933. The van der Waals surface area contributed by atoms with Gasteiger partial charge in [-0.3, -0.25) is 24.1 Å². The van der Waals surface area contributed by atoms with Gasteiger partial charge in [0, 0.05) is 48.1 Å². The second-order valence-electron chi connectivity index (χ2n) is 12.0. The van der Waals surface area contributed by atoms with Gasteiger partial charge in [-0.1, -0.05) is 60.7 Å². The first-order chi connectivity index (χ1) is 21.8. The molecule has 232 valence electrons. The largest absolute Gasteiger partial charge is 0.366 e. The second-order valence-corrected chi connectivity index (χ2v) is 12.0. The van der Waals surface area contributed by atoms with E-state index in [1.54, 1.807) is 24.3 Å². The number of aromatic nitrogens is 1. The molecule has 6 rings (SSSR count). The van der Waals surface area contributed by atoms with Gasteiger partial charge in [0.05, 0.1) is 6.04 Å². The number of nitrogens with one attached hydrogen (secondary N) is 4. The smallest absolute Gasteiger partial charge is 0.248 e. The molecule has 4 aromatic rings. The minimum Gasteiger partial charge on any atom is -0.366 e. The predicted octanol–water partition coefficient (Wildman–Crippen LogP) is 2.23. The van der Waals surface area contributed by atoms with E-state index in [0.717, 1.165) is 40.6 Å². The van der Waals surface area contributed by atoms with Gasteiger partial charge in [-0.05, 0) is 60.7 Å². The van der Waals surface area contributed by atoms with E-state index in [9.17, 15) is 19.2 Å². The van der Waals surface area contributed by atoms with Gasteiger partial charge in [0.25, 0.3) is 0 Å². The molecule has 2 fully saturated rings. The van der Waals surface area contributed by atoms with Crippen molar-refractivity contribution in [2.24, 2.45) is 5.73 Å². The predicted molar refractivity (Wildman–Crippen MR) is 171 cm³/mol. The molecule has 3 aromatic carbocycles. The zero-order chi connectivity index (χ0) is 31.3. The zero-order valence-electron chi connectivity index (χ0n) is 25.0. The summed E-state index contributed by atoms with van der Waals surface area (Å²) in [5, 5.41) is 10.2. The molecule has 0 radical (unpaired) electrons. The van der Waals surface area contributed by atoms with Crippen LogP contribution in [0.3, 0.4) is 0 Å². The number of H-pyrrole nitrogens is 1. The number of hydrogen-bond donors (Lipinski definition) is 5. The Morgan fingerprint density at radius 2 is 1.42 bits per heavy atom. The summed E-state index contributed by atoms with van der Waals surface area (Å²) in [5.41, 5.74) is 9.43. The van der Waals surface area contributed by atoms with E-state index in [-0.39, 0.29) is 30.7 Å². The van der Waals surface area contributed by atoms with Crippen LogP contribution in [0.2, 0.25) is 0 Å². The van der Waals surface area contributed by atoms with E-state index in [1.807, 2.05) is 60.8 Å². The maximum atomic E-state index is 14.1. The van der Waals surface area contributed by atoms with Crippen LogP contribution < -0.4 is 21.7 Å². The molecule has 0 aliphatic carbocycles. The molecule has 3 heterocycles. The fourth-order valence-electron chi connectivity index (χ4n) is 6.51. The van der Waals surface area contributed by atoms with Gasteiger partial charge in [-0.2, -0.15) is 0 Å². The number of para-hydroxylation sites is 1. The topological polar surface area (TPSA) is 149 Å². The van der Waals surface area contributed by atoms with Gasteiger partial charge < -0.3 is 26.7 Å². The summed E-state index contributed by atoms with van der Waals surface area (Å²) >= 11 is 0. The Morgan fingerprint density at radius 1 is 0.756 bits per heavy atom. The Kier molecular flexibility index (Phi) is 8.93. The SMILES string of the molecule is NC(=O)c1ccc(C[C@@H]2NC(=O)[C@H]3CCCN3C[C@H](Cc3ccccc3)NC(=O)[C@@H](Cc3c[nH]c4ccccc34)NC2=O)cc1. The molecular formula is C35H38N6O4. The van der Waals surface area contributed by atoms with E-state index in [4.69, 9.17) is 5.73 Å². The van der Waals surface area contributed by atoms with Crippen LogP contribution in [0, 0.1) is 0 Å². The average Bonchev–Trinajstić information content (AvgIpc) is 3.67. The molecule has 0 bridgehead atoms. The van der Waals surface area contributed by atoms with Crippen LogP contribution in [-0.2, 0) is 33.6 Å². The van der Waals surface area contributed by atoms with E-state index in [2.05, 4.69) is 25.8 Å². The van der Waals surface area contributed by atoms with Gasteiger partial charge in [-0.25, -0.2) is 0 Å². The number of carbonyl (C=O) groups is 4. The molecule has 6 N–H and O–H groups in total. The van der Waals surface area contributed by atoms with Crippen molar-refractivity contribution in [3.63, 3.8) is 0 Å². The number of aromatic amines is 1. The number of amides is 4. The van der Waals surface area contributed by atoms with Crippen molar-refractivity contribution in [3.8, 4) is 0 Å². The number of benzene rings is 3. The molecule has 0 unspecified atom stereocenters. The highest BCUT2D eigenvalue weighted by molar-refractivity contribution is 5.95. The molecule has 45 heavy (non-hydrogen) atoms. The molecule has 10 heteroatoms. The van der Waals surface area contributed by atoms with Crippen LogP contribution in [0.5, 0.6) is 0 Å². The summed E-state index contributed by atoms with van der Waals surface area (Å²) in [6, 6.07) is 22.0. The fraction of sp³-hybridized carbons (Fsp3) is 0.314. The van der Waals surface area contributed by atoms with Crippen molar-refractivity contribution < 1.29 is 19.2 Å². The Bertz CT molecular complexity index is 1690. The first kappa shape index (κ1) is 30.1. The highest BCUT2D eigenvalue weighted by atomic mass is 16.2. The van der Waals surface area contributed by atoms with Crippen LogP contribution in [0.15, 0.2) is 85.1 Å². The summed E-state index contributed by atoms with van der Waals surface area (Å²) in [4.78, 5) is 58.7. The molecule has 1 aromatic heterocycles. The van der Waals surface area contributed by atoms with Crippen LogP contribution in [0.1, 0.15) is 39.9 Å². The van der Waals surface area contributed by atoms with Crippen LogP contribution in [0.4, 0.5) is 0 Å². The summed E-state index contributed by atoms with van der Waals surface area (Å²) in [7, 11) is 0. The molecule has 2 aliphatic heterocycles. The Labute approximate surface area is 261 Å². The maximum absolute atomic E-state index is 14.1. The van der Waals surface area contributed by atoms with Crippen molar-refractivity contribution in [1.29, 1.82) is 0 Å². The van der Waals surface area contributed by atoms with Crippen LogP contribution >= 0.6 is 0 Å². The summed E-state index contributed by atoms with van der Waals surface area (Å²) in [6.45, 7) is 1.23. The number of nitrogens with zero attached hydrogens (tertiary/aromatic N) is 1. The lowest BCUT2D eigenvalue weighted by atomic mass is 9.99. The third-order valence-electron chi connectivity index (χ3n) is 8.84. The molecule has 0 saturated carbocycles. The highest BCUT2D eigenvalue weighted by Crippen LogP contribution is 2.22. The number of nitrogens with two attached hydrogens (primary N) is 1. The second kappa shape index (κ2) is 13.4. The first-order valence-corrected chi connectivity index (χ1v) is 15.5. The number of rotatable bonds is 7. The standard InChI is InChI=1S/C35H38N6O4/c36-32(42)24-14-12-23(13-15-24)18-29-34(44)39-30(19-25-20-37-28-10-5-4-9-27(25)28)33(43)38-26(17-22-7-2-1-3-8-22)21-41-16-6-11-31(41)35(45)40-29/h1-5,7-10,12-15,20,26,29-31,37H,6,11,16-19,21H2,(H2,36,42)(H,38,43)(H,39,44)(H,40,45)/t26-,29-,30+,31+/m0/s1. The van der Waals surface area contributed by atoms with E-state index < -0.39 is 29.9 Å². The van der Waals surface area contributed by atoms with E-state index >= 15 is 0 Å². The molecule has 0 spiro atoms. The third kappa shape index (κ3) is 7.07. The lowest BCUT2D eigenvalue weighted by Gasteiger charge is -2.33. The van der Waals surface area contributed by atoms with Crippen LogP contribution in [0.25, 0.3) is 10.9 Å². The highest BCUT2D eigenvalue weighted by Gasteiger charge is 2.37. The quantitative estimate of drug-likeness (QED) is 0.219. The number of carbonyl (C=O) groups excluding carboxylic acids is 4. The molecule has 4 atom stereocenters. The third-order valence-corrected chi connectivity index (χ3v) is 8.84. The monoisotopic (exact) mass is 606 g/mol. The zero-order valence-corrected chi connectivity index (χ0v) is 25.0. The van der Waals surface area contributed by atoms with E-state index in [0.29, 0.717) is 24.9 Å². The molecule has 2 saturated heterocycles. The van der Waals surface area contributed by atoms with Crippen molar-refractivity contribution in [2.45, 2.75) is 56.3 Å². The lowest BCUT2D eigenvalue weighted by molar-refractivity contribution is -0.134. The fourth-order valence-corrected chi connectivity index (χ4v) is 6.51.